The average molecular weight is 381 g/mol. The Hall–Kier alpha value is -2.93. The van der Waals surface area contributed by atoms with E-state index in [1.807, 2.05) is 30.3 Å². The fourth-order valence-corrected chi connectivity index (χ4v) is 2.19. The van der Waals surface area contributed by atoms with Gasteiger partial charge in [-0.05, 0) is 23.3 Å². The van der Waals surface area contributed by atoms with Gasteiger partial charge in [0.15, 0.2) is 0 Å². The Labute approximate surface area is 157 Å². The Kier molecular flexibility index (Phi) is 8.24. The third-order valence-corrected chi connectivity index (χ3v) is 3.53. The van der Waals surface area contributed by atoms with Crippen molar-refractivity contribution in [3.05, 3.63) is 59.7 Å². The molecule has 0 spiro atoms. The number of esters is 1. The summed E-state index contributed by atoms with van der Waals surface area (Å²) in [6, 6.07) is 12.8. The van der Waals surface area contributed by atoms with Crippen molar-refractivity contribution in [2.45, 2.75) is 19.1 Å². The van der Waals surface area contributed by atoms with Crippen molar-refractivity contribution >= 4 is 30.2 Å². The maximum absolute atomic E-state index is 11.9. The number of benzene rings is 2. The summed E-state index contributed by atoms with van der Waals surface area (Å²) in [5.74, 6) is -0.708. The smallest absolute Gasteiger partial charge is 0.408 e. The lowest BCUT2D eigenvalue weighted by Crippen LogP contribution is -2.43. The van der Waals surface area contributed by atoms with Gasteiger partial charge in [-0.2, -0.15) is 0 Å². The van der Waals surface area contributed by atoms with Gasteiger partial charge in [-0.1, -0.05) is 36.4 Å². The highest BCUT2D eigenvalue weighted by atomic mass is 35.5. The number of nitrogens with one attached hydrogen (secondary N) is 1. The van der Waals surface area contributed by atoms with Crippen LogP contribution in [-0.4, -0.2) is 30.3 Å². The monoisotopic (exact) mass is 380 g/mol. The number of anilines is 1. The maximum atomic E-state index is 11.9. The number of nitrogen functional groups attached to an aromatic ring is 1. The molecule has 0 radical (unpaired) electrons. The van der Waals surface area contributed by atoms with Crippen LogP contribution in [0.4, 0.5) is 10.5 Å². The Balaban J connectivity index is 0.00000338. The van der Waals surface area contributed by atoms with Crippen LogP contribution >= 0.6 is 12.4 Å². The van der Waals surface area contributed by atoms with E-state index in [9.17, 15) is 14.7 Å². The largest absolute Gasteiger partial charge is 0.506 e. The molecule has 0 aliphatic heterocycles. The SMILES string of the molecule is COC(=O)C(Cc1ccc(N)c(O)c1)NC(=O)OCc1ccccc1.Cl. The minimum atomic E-state index is -0.948. The first-order valence-electron chi connectivity index (χ1n) is 7.62. The molecule has 4 N–H and O–H groups in total. The van der Waals surface area contributed by atoms with E-state index in [0.717, 1.165) is 5.56 Å². The van der Waals surface area contributed by atoms with E-state index in [2.05, 4.69) is 5.32 Å². The summed E-state index contributed by atoms with van der Waals surface area (Å²) in [5.41, 5.74) is 7.23. The topological polar surface area (TPSA) is 111 Å². The Morgan fingerprint density at radius 1 is 1.15 bits per heavy atom. The average Bonchev–Trinajstić information content (AvgIpc) is 2.62. The van der Waals surface area contributed by atoms with Gasteiger partial charge in [0.25, 0.3) is 0 Å². The molecule has 8 heteroatoms. The van der Waals surface area contributed by atoms with E-state index in [1.54, 1.807) is 6.07 Å². The van der Waals surface area contributed by atoms with Gasteiger partial charge >= 0.3 is 12.1 Å². The van der Waals surface area contributed by atoms with Crippen molar-refractivity contribution in [3.63, 3.8) is 0 Å². The zero-order valence-corrected chi connectivity index (χ0v) is 15.0. The highest BCUT2D eigenvalue weighted by Crippen LogP contribution is 2.21. The number of carbonyl (C=O) groups is 2. The number of phenols is 1. The van der Waals surface area contributed by atoms with Crippen molar-refractivity contribution in [2.75, 3.05) is 12.8 Å². The molecule has 7 nitrogen and oxygen atoms in total. The molecule has 2 aromatic rings. The van der Waals surface area contributed by atoms with Crippen LogP contribution in [0.15, 0.2) is 48.5 Å². The third-order valence-electron chi connectivity index (χ3n) is 3.53. The highest BCUT2D eigenvalue weighted by Gasteiger charge is 2.23. The van der Waals surface area contributed by atoms with Crippen LogP contribution in [0.25, 0.3) is 0 Å². The molecule has 1 amide bonds. The fourth-order valence-electron chi connectivity index (χ4n) is 2.19. The van der Waals surface area contributed by atoms with Crippen molar-refractivity contribution < 1.29 is 24.2 Å². The van der Waals surface area contributed by atoms with E-state index < -0.39 is 18.1 Å². The Bertz CT molecular complexity index is 740. The lowest BCUT2D eigenvalue weighted by molar-refractivity contribution is -0.143. The summed E-state index contributed by atoms with van der Waals surface area (Å²) in [4.78, 5) is 23.8. The molecule has 0 aromatic heterocycles. The first kappa shape index (κ1) is 21.1. The van der Waals surface area contributed by atoms with Crippen LogP contribution in [0.3, 0.4) is 0 Å². The van der Waals surface area contributed by atoms with Crippen LogP contribution in [-0.2, 0) is 27.3 Å². The van der Waals surface area contributed by atoms with E-state index in [1.165, 1.54) is 19.2 Å². The molecule has 0 saturated heterocycles. The normalized spacial score (nSPS) is 11.0. The number of rotatable bonds is 6. The quantitative estimate of drug-likeness (QED) is 0.403. The van der Waals surface area contributed by atoms with Gasteiger partial charge in [0.05, 0.1) is 12.8 Å². The second-order valence-corrected chi connectivity index (χ2v) is 5.38. The van der Waals surface area contributed by atoms with Crippen LogP contribution < -0.4 is 11.1 Å². The number of methoxy groups -OCH3 is 1. The number of alkyl carbamates (subject to hydrolysis) is 1. The van der Waals surface area contributed by atoms with Gasteiger partial charge < -0.3 is 25.6 Å². The highest BCUT2D eigenvalue weighted by molar-refractivity contribution is 5.85. The van der Waals surface area contributed by atoms with Gasteiger partial charge in [-0.15, -0.1) is 12.4 Å². The number of hydrogen-bond donors (Lipinski definition) is 3. The van der Waals surface area contributed by atoms with E-state index in [-0.39, 0.29) is 36.9 Å². The van der Waals surface area contributed by atoms with Crippen LogP contribution in [0.1, 0.15) is 11.1 Å². The lowest BCUT2D eigenvalue weighted by Gasteiger charge is -2.17. The molecule has 0 saturated carbocycles. The summed E-state index contributed by atoms with van der Waals surface area (Å²) in [6.45, 7) is 0.0865. The lowest BCUT2D eigenvalue weighted by atomic mass is 10.1. The second-order valence-electron chi connectivity index (χ2n) is 5.38. The molecule has 0 bridgehead atoms. The molecule has 0 fully saturated rings. The third kappa shape index (κ3) is 6.18. The summed E-state index contributed by atoms with van der Waals surface area (Å²) < 4.78 is 9.81. The van der Waals surface area contributed by atoms with Gasteiger partial charge in [-0.3, -0.25) is 0 Å². The molecule has 0 aliphatic rings. The molecule has 1 unspecified atom stereocenters. The zero-order chi connectivity index (χ0) is 18.2. The van der Waals surface area contributed by atoms with E-state index >= 15 is 0 Å². The van der Waals surface area contributed by atoms with E-state index in [0.29, 0.717) is 5.56 Å². The minimum Gasteiger partial charge on any atom is -0.506 e. The number of halogens is 1. The van der Waals surface area contributed by atoms with E-state index in [4.69, 9.17) is 15.2 Å². The molecule has 0 aliphatic carbocycles. The number of hydrogen-bond acceptors (Lipinski definition) is 6. The molecule has 0 heterocycles. The van der Waals surface area contributed by atoms with Crippen molar-refractivity contribution in [3.8, 4) is 5.75 Å². The Morgan fingerprint density at radius 2 is 1.85 bits per heavy atom. The number of ether oxygens (including phenoxy) is 2. The predicted molar refractivity (Wildman–Crippen MR) is 99.0 cm³/mol. The summed E-state index contributed by atoms with van der Waals surface area (Å²) in [5, 5.41) is 12.1. The first-order chi connectivity index (χ1) is 12.0. The van der Waals surface area contributed by atoms with Gasteiger partial charge in [0, 0.05) is 6.42 Å². The molecule has 140 valence electrons. The number of phenolic OH excluding ortho intramolecular Hbond substituents is 1. The molecule has 1 atom stereocenters. The van der Waals surface area contributed by atoms with Crippen LogP contribution in [0, 0.1) is 0 Å². The van der Waals surface area contributed by atoms with Crippen LogP contribution in [0.2, 0.25) is 0 Å². The number of aromatic hydroxyl groups is 1. The standard InChI is InChI=1S/C18H20N2O5.ClH/c1-24-17(22)15(9-13-7-8-14(19)16(21)10-13)20-18(23)25-11-12-5-3-2-4-6-12;/h2-8,10,15,21H,9,11,19H2,1H3,(H,20,23);1H. The Morgan fingerprint density at radius 3 is 2.46 bits per heavy atom. The van der Waals surface area contributed by atoms with Gasteiger partial charge in [0.1, 0.15) is 18.4 Å². The predicted octanol–water partition coefficient (Wildman–Crippen LogP) is 2.41. The summed E-state index contributed by atoms with van der Waals surface area (Å²) in [6.07, 6.45) is -0.611. The molecule has 2 rings (SSSR count). The summed E-state index contributed by atoms with van der Waals surface area (Å²) in [7, 11) is 1.23. The zero-order valence-electron chi connectivity index (χ0n) is 14.2. The molecule has 26 heavy (non-hydrogen) atoms. The first-order valence-corrected chi connectivity index (χ1v) is 7.62. The number of amides is 1. The van der Waals surface area contributed by atoms with Crippen molar-refractivity contribution in [1.82, 2.24) is 5.32 Å². The number of carbonyl (C=O) groups excluding carboxylic acids is 2. The van der Waals surface area contributed by atoms with Crippen molar-refractivity contribution in [1.29, 1.82) is 0 Å². The molecular formula is C18H21ClN2O5. The number of nitrogens with two attached hydrogens (primary N) is 1. The fraction of sp³-hybridized carbons (Fsp3) is 0.222. The molecule has 2 aromatic carbocycles. The van der Waals surface area contributed by atoms with Gasteiger partial charge in [0.2, 0.25) is 0 Å². The molecular weight excluding hydrogens is 360 g/mol. The second kappa shape index (κ2) is 10.1. The van der Waals surface area contributed by atoms with Gasteiger partial charge in [-0.25, -0.2) is 9.59 Å². The van der Waals surface area contributed by atoms with Crippen LogP contribution in [0.5, 0.6) is 5.75 Å². The minimum absolute atomic E-state index is 0. The maximum Gasteiger partial charge on any atom is 0.408 e. The summed E-state index contributed by atoms with van der Waals surface area (Å²) >= 11 is 0. The van der Waals surface area contributed by atoms with Crippen molar-refractivity contribution in [2.24, 2.45) is 0 Å².